The van der Waals surface area contributed by atoms with Crippen LogP contribution in [0.15, 0.2) is 48.5 Å². The lowest BCUT2D eigenvalue weighted by Crippen LogP contribution is -2.23. The average Bonchev–Trinajstić information content (AvgIpc) is 3.00. The fourth-order valence-electron chi connectivity index (χ4n) is 2.69. The third-order valence-corrected chi connectivity index (χ3v) is 4.65. The van der Waals surface area contributed by atoms with Crippen molar-refractivity contribution in [2.45, 2.75) is 5.75 Å². The van der Waals surface area contributed by atoms with Crippen molar-refractivity contribution in [2.24, 2.45) is 0 Å². The number of anilines is 2. The predicted molar refractivity (Wildman–Crippen MR) is 98.1 cm³/mol. The van der Waals surface area contributed by atoms with Gasteiger partial charge in [0, 0.05) is 23.2 Å². The standard InChI is InChI=1S/C18H18N2O5S/c1-26(23,24)12-13-4-2-5-14(10-13)17(21)19-15-6-3-7-16(11-15)20-8-9-25-18(20)22/h2-7,10-11H,8-9,12H2,1H3,(H,19,21). The number of ether oxygens (including phenoxy) is 1. The fraction of sp³-hybridized carbons (Fsp3) is 0.222. The average molecular weight is 374 g/mol. The summed E-state index contributed by atoms with van der Waals surface area (Å²) in [4.78, 5) is 25.6. The minimum atomic E-state index is -3.18. The van der Waals surface area contributed by atoms with Crippen LogP contribution in [-0.4, -0.2) is 39.8 Å². The monoisotopic (exact) mass is 374 g/mol. The summed E-state index contributed by atoms with van der Waals surface area (Å²) >= 11 is 0. The number of carbonyl (C=O) groups is 2. The van der Waals surface area contributed by atoms with Gasteiger partial charge < -0.3 is 10.1 Å². The lowest BCUT2D eigenvalue weighted by Gasteiger charge is -2.14. The first-order chi connectivity index (χ1) is 12.3. The van der Waals surface area contributed by atoms with E-state index in [0.717, 1.165) is 6.26 Å². The number of hydrogen-bond donors (Lipinski definition) is 1. The molecule has 1 aliphatic heterocycles. The predicted octanol–water partition coefficient (Wildman–Crippen LogP) is 2.44. The Labute approximate surface area is 151 Å². The van der Waals surface area contributed by atoms with Crippen molar-refractivity contribution in [2.75, 3.05) is 29.6 Å². The Morgan fingerprint density at radius 2 is 1.96 bits per heavy atom. The zero-order valence-electron chi connectivity index (χ0n) is 14.1. The first-order valence-electron chi connectivity index (χ1n) is 7.94. The quantitative estimate of drug-likeness (QED) is 0.868. The smallest absolute Gasteiger partial charge is 0.414 e. The van der Waals surface area contributed by atoms with Crippen LogP contribution in [0.5, 0.6) is 0 Å². The number of nitrogens with one attached hydrogen (secondary N) is 1. The van der Waals surface area contributed by atoms with Gasteiger partial charge >= 0.3 is 6.09 Å². The molecule has 7 nitrogen and oxygen atoms in total. The van der Waals surface area contributed by atoms with Crippen molar-refractivity contribution in [1.29, 1.82) is 0 Å². The fourth-order valence-corrected chi connectivity index (χ4v) is 3.47. The zero-order valence-corrected chi connectivity index (χ0v) is 15.0. The molecule has 1 aliphatic rings. The second-order valence-corrected chi connectivity index (χ2v) is 8.18. The summed E-state index contributed by atoms with van der Waals surface area (Å²) in [5.74, 6) is -0.484. The van der Waals surface area contributed by atoms with Gasteiger partial charge in [0.15, 0.2) is 9.84 Å². The van der Waals surface area contributed by atoms with Gasteiger partial charge in [-0.15, -0.1) is 0 Å². The maximum Gasteiger partial charge on any atom is 0.414 e. The molecule has 0 atom stereocenters. The molecule has 0 saturated carbocycles. The zero-order chi connectivity index (χ0) is 18.7. The molecule has 0 radical (unpaired) electrons. The highest BCUT2D eigenvalue weighted by Gasteiger charge is 2.23. The van der Waals surface area contributed by atoms with Gasteiger partial charge in [-0.25, -0.2) is 13.2 Å². The van der Waals surface area contributed by atoms with E-state index in [1.54, 1.807) is 48.5 Å². The topological polar surface area (TPSA) is 92.8 Å². The number of amides is 2. The Kier molecular flexibility index (Phi) is 4.94. The van der Waals surface area contributed by atoms with E-state index in [0.29, 0.717) is 35.7 Å². The first kappa shape index (κ1) is 17.9. The number of sulfone groups is 1. The van der Waals surface area contributed by atoms with Crippen molar-refractivity contribution >= 4 is 33.2 Å². The van der Waals surface area contributed by atoms with Gasteiger partial charge in [-0.2, -0.15) is 0 Å². The molecule has 1 fully saturated rings. The second kappa shape index (κ2) is 7.17. The van der Waals surface area contributed by atoms with E-state index >= 15 is 0 Å². The summed E-state index contributed by atoms with van der Waals surface area (Å²) in [6.45, 7) is 0.798. The molecule has 0 unspecified atom stereocenters. The molecular weight excluding hydrogens is 356 g/mol. The van der Waals surface area contributed by atoms with Crippen LogP contribution < -0.4 is 10.2 Å². The molecule has 1 heterocycles. The number of cyclic esters (lactones) is 1. The maximum atomic E-state index is 12.5. The highest BCUT2D eigenvalue weighted by atomic mass is 32.2. The highest BCUT2D eigenvalue weighted by Crippen LogP contribution is 2.23. The van der Waals surface area contributed by atoms with E-state index in [4.69, 9.17) is 4.74 Å². The van der Waals surface area contributed by atoms with E-state index in [2.05, 4.69) is 5.32 Å². The van der Waals surface area contributed by atoms with Crippen molar-refractivity contribution in [3.05, 3.63) is 59.7 Å². The summed E-state index contributed by atoms with van der Waals surface area (Å²) in [5.41, 5.74) is 2.07. The minimum Gasteiger partial charge on any atom is -0.447 e. The molecule has 8 heteroatoms. The van der Waals surface area contributed by atoms with E-state index in [1.807, 2.05) is 0 Å². The molecule has 26 heavy (non-hydrogen) atoms. The lowest BCUT2D eigenvalue weighted by atomic mass is 10.1. The van der Waals surface area contributed by atoms with Crippen LogP contribution in [-0.2, 0) is 20.3 Å². The van der Waals surface area contributed by atoms with Gasteiger partial charge in [-0.05, 0) is 35.9 Å². The van der Waals surface area contributed by atoms with E-state index in [-0.39, 0.29) is 11.7 Å². The summed E-state index contributed by atoms with van der Waals surface area (Å²) in [5, 5.41) is 2.76. The summed E-state index contributed by atoms with van der Waals surface area (Å²) in [6.07, 6.45) is 0.733. The van der Waals surface area contributed by atoms with Gasteiger partial charge in [-0.3, -0.25) is 9.69 Å². The largest absolute Gasteiger partial charge is 0.447 e. The molecule has 1 saturated heterocycles. The lowest BCUT2D eigenvalue weighted by molar-refractivity contribution is 0.102. The summed E-state index contributed by atoms with van der Waals surface area (Å²) in [6, 6.07) is 13.4. The van der Waals surface area contributed by atoms with Gasteiger partial charge in [-0.1, -0.05) is 18.2 Å². The van der Waals surface area contributed by atoms with Crippen molar-refractivity contribution < 1.29 is 22.7 Å². The number of carbonyl (C=O) groups excluding carboxylic acids is 2. The van der Waals surface area contributed by atoms with Gasteiger partial charge in [0.1, 0.15) is 6.61 Å². The van der Waals surface area contributed by atoms with Crippen molar-refractivity contribution in [3.63, 3.8) is 0 Å². The molecule has 0 aromatic heterocycles. The highest BCUT2D eigenvalue weighted by molar-refractivity contribution is 7.89. The molecule has 0 bridgehead atoms. The molecular formula is C18H18N2O5S. The molecule has 0 spiro atoms. The number of nitrogens with zero attached hydrogens (tertiary/aromatic N) is 1. The van der Waals surface area contributed by atoms with Crippen molar-refractivity contribution in [3.8, 4) is 0 Å². The maximum absolute atomic E-state index is 12.5. The Balaban J connectivity index is 1.76. The summed E-state index contributed by atoms with van der Waals surface area (Å²) in [7, 11) is -3.18. The normalized spacial score (nSPS) is 14.2. The van der Waals surface area contributed by atoms with Crippen LogP contribution in [0.1, 0.15) is 15.9 Å². The van der Waals surface area contributed by atoms with Crippen LogP contribution in [0.4, 0.5) is 16.2 Å². The van der Waals surface area contributed by atoms with Crippen LogP contribution in [0.3, 0.4) is 0 Å². The van der Waals surface area contributed by atoms with Gasteiger partial charge in [0.05, 0.1) is 12.3 Å². The third-order valence-electron chi connectivity index (χ3n) is 3.79. The first-order valence-corrected chi connectivity index (χ1v) is 10.0. The summed E-state index contributed by atoms with van der Waals surface area (Å²) < 4.78 is 27.8. The molecule has 3 rings (SSSR count). The number of hydrogen-bond acceptors (Lipinski definition) is 5. The SMILES string of the molecule is CS(=O)(=O)Cc1cccc(C(=O)Nc2cccc(N3CCOC3=O)c2)c1. The Morgan fingerprint density at radius 1 is 1.19 bits per heavy atom. The van der Waals surface area contributed by atoms with E-state index in [9.17, 15) is 18.0 Å². The molecule has 2 aromatic rings. The van der Waals surface area contributed by atoms with E-state index < -0.39 is 15.9 Å². The Morgan fingerprint density at radius 3 is 2.65 bits per heavy atom. The number of rotatable bonds is 5. The molecule has 2 aromatic carbocycles. The number of benzene rings is 2. The second-order valence-electron chi connectivity index (χ2n) is 6.04. The molecule has 0 aliphatic carbocycles. The van der Waals surface area contributed by atoms with Crippen LogP contribution in [0.25, 0.3) is 0 Å². The molecule has 136 valence electrons. The van der Waals surface area contributed by atoms with Gasteiger partial charge in [0.2, 0.25) is 0 Å². The Hall–Kier alpha value is -2.87. The van der Waals surface area contributed by atoms with Crippen molar-refractivity contribution in [1.82, 2.24) is 0 Å². The van der Waals surface area contributed by atoms with Crippen LogP contribution in [0.2, 0.25) is 0 Å². The van der Waals surface area contributed by atoms with Crippen LogP contribution >= 0.6 is 0 Å². The third kappa shape index (κ3) is 4.40. The van der Waals surface area contributed by atoms with E-state index in [1.165, 1.54) is 4.90 Å². The molecule has 1 N–H and O–H groups in total. The van der Waals surface area contributed by atoms with Gasteiger partial charge in [0.25, 0.3) is 5.91 Å². The minimum absolute atomic E-state index is 0.124. The molecule has 2 amide bonds. The van der Waals surface area contributed by atoms with Crippen LogP contribution in [0, 0.1) is 0 Å². The Bertz CT molecular complexity index is 956.